The molecule has 4 rings (SSSR count). The summed E-state index contributed by atoms with van der Waals surface area (Å²) in [7, 11) is 0. The summed E-state index contributed by atoms with van der Waals surface area (Å²) in [6, 6.07) is 8.61. The van der Waals surface area contributed by atoms with E-state index in [9.17, 15) is 4.79 Å². The van der Waals surface area contributed by atoms with Crippen LogP contribution in [0.15, 0.2) is 24.3 Å². The van der Waals surface area contributed by atoms with Crippen molar-refractivity contribution in [3.05, 3.63) is 29.3 Å². The smallest absolute Gasteiger partial charge is 0.223 e. The van der Waals surface area contributed by atoms with Crippen molar-refractivity contribution in [2.75, 3.05) is 37.6 Å². The van der Waals surface area contributed by atoms with E-state index in [2.05, 4.69) is 27.2 Å². The molecule has 3 fully saturated rings. The zero-order valence-corrected chi connectivity index (χ0v) is 19.1. The number of carbonyl (C=O) groups is 1. The van der Waals surface area contributed by atoms with E-state index in [0.717, 1.165) is 50.0 Å². The first-order chi connectivity index (χ1) is 14.7. The van der Waals surface area contributed by atoms with Crippen molar-refractivity contribution in [1.82, 2.24) is 10.2 Å². The summed E-state index contributed by atoms with van der Waals surface area (Å²) < 4.78 is 0. The molecule has 0 atom stereocenters. The first-order valence-corrected chi connectivity index (χ1v) is 12.6. The number of para-hydroxylation sites is 1. The summed E-state index contributed by atoms with van der Waals surface area (Å²) in [6.07, 6.45) is 12.2. The summed E-state index contributed by atoms with van der Waals surface area (Å²) in [5, 5.41) is 4.23. The second-order valence-electron chi connectivity index (χ2n) is 9.63. The molecule has 30 heavy (non-hydrogen) atoms. The van der Waals surface area contributed by atoms with Gasteiger partial charge >= 0.3 is 0 Å². The maximum Gasteiger partial charge on any atom is 0.223 e. The van der Waals surface area contributed by atoms with Crippen molar-refractivity contribution < 1.29 is 4.79 Å². The molecule has 2 aliphatic carbocycles. The lowest BCUT2D eigenvalue weighted by Gasteiger charge is -2.37. The van der Waals surface area contributed by atoms with Crippen LogP contribution in [0.3, 0.4) is 0 Å². The maximum absolute atomic E-state index is 12.5. The van der Waals surface area contributed by atoms with Crippen LogP contribution in [-0.4, -0.2) is 49.6 Å². The van der Waals surface area contributed by atoms with Crippen LogP contribution in [0.5, 0.6) is 0 Å². The third-order valence-corrected chi connectivity index (χ3v) is 7.91. The van der Waals surface area contributed by atoms with Gasteiger partial charge in [-0.3, -0.25) is 9.69 Å². The molecule has 1 amide bonds. The number of amides is 1. The second-order valence-corrected chi connectivity index (χ2v) is 10.0. The van der Waals surface area contributed by atoms with Gasteiger partial charge in [-0.2, -0.15) is 0 Å². The van der Waals surface area contributed by atoms with Crippen LogP contribution in [-0.2, 0) is 4.79 Å². The van der Waals surface area contributed by atoms with Crippen LogP contribution in [0.25, 0.3) is 0 Å². The molecular weight excluding hydrogens is 394 g/mol. The number of nitrogens with zero attached hydrogens (tertiary/aromatic N) is 2. The number of piperazine rings is 1. The normalized spacial score (nSPS) is 26.5. The first kappa shape index (κ1) is 22.0. The Balaban J connectivity index is 1.12. The summed E-state index contributed by atoms with van der Waals surface area (Å²) in [5.74, 6) is 1.46. The predicted molar refractivity (Wildman–Crippen MR) is 125 cm³/mol. The largest absolute Gasteiger partial charge is 0.368 e. The minimum atomic E-state index is 0.293. The van der Waals surface area contributed by atoms with Crippen LogP contribution < -0.4 is 10.2 Å². The Morgan fingerprint density at radius 1 is 0.933 bits per heavy atom. The van der Waals surface area contributed by atoms with Gasteiger partial charge in [-0.05, 0) is 69.5 Å². The van der Waals surface area contributed by atoms with E-state index in [1.54, 1.807) is 0 Å². The van der Waals surface area contributed by atoms with E-state index in [-0.39, 0.29) is 0 Å². The van der Waals surface area contributed by atoms with Crippen LogP contribution >= 0.6 is 11.6 Å². The molecule has 4 nitrogen and oxygen atoms in total. The molecule has 1 saturated heterocycles. The lowest BCUT2D eigenvalue weighted by Crippen LogP contribution is -2.47. The summed E-state index contributed by atoms with van der Waals surface area (Å²) in [4.78, 5) is 17.5. The van der Waals surface area contributed by atoms with Gasteiger partial charge in [0.05, 0.1) is 10.7 Å². The topological polar surface area (TPSA) is 35.6 Å². The van der Waals surface area contributed by atoms with Gasteiger partial charge in [0.25, 0.3) is 0 Å². The molecule has 1 heterocycles. The van der Waals surface area contributed by atoms with E-state index in [4.69, 9.17) is 11.6 Å². The number of benzene rings is 1. The highest BCUT2D eigenvalue weighted by Crippen LogP contribution is 2.30. The van der Waals surface area contributed by atoms with Gasteiger partial charge in [0.2, 0.25) is 5.91 Å². The van der Waals surface area contributed by atoms with E-state index in [0.29, 0.717) is 17.9 Å². The van der Waals surface area contributed by atoms with Crippen LogP contribution in [0.4, 0.5) is 5.69 Å². The Morgan fingerprint density at radius 3 is 2.33 bits per heavy atom. The molecule has 1 aliphatic heterocycles. The molecule has 0 unspecified atom stereocenters. The van der Waals surface area contributed by atoms with Crippen LogP contribution in [0, 0.1) is 11.8 Å². The Labute approximate surface area is 187 Å². The van der Waals surface area contributed by atoms with E-state index in [1.165, 1.54) is 63.6 Å². The van der Waals surface area contributed by atoms with E-state index < -0.39 is 0 Å². The summed E-state index contributed by atoms with van der Waals surface area (Å²) >= 11 is 6.36. The average molecular weight is 432 g/mol. The molecule has 2 saturated carbocycles. The monoisotopic (exact) mass is 431 g/mol. The second kappa shape index (κ2) is 10.9. The third-order valence-electron chi connectivity index (χ3n) is 7.59. The maximum atomic E-state index is 12.5. The number of halogens is 1. The van der Waals surface area contributed by atoms with Gasteiger partial charge in [0.15, 0.2) is 0 Å². The van der Waals surface area contributed by atoms with Crippen molar-refractivity contribution in [2.24, 2.45) is 11.8 Å². The molecule has 0 spiro atoms. The van der Waals surface area contributed by atoms with Crippen molar-refractivity contribution in [3.8, 4) is 0 Å². The Hall–Kier alpha value is -1.26. The number of carbonyl (C=O) groups excluding carboxylic acids is 1. The summed E-state index contributed by atoms with van der Waals surface area (Å²) in [6.45, 7) is 5.57. The molecule has 1 N–H and O–H groups in total. The number of hydrogen-bond acceptors (Lipinski definition) is 3. The van der Waals surface area contributed by atoms with Gasteiger partial charge < -0.3 is 10.2 Å². The number of anilines is 1. The van der Waals surface area contributed by atoms with Gasteiger partial charge in [0, 0.05) is 38.1 Å². The number of hydrogen-bond donors (Lipinski definition) is 1. The fourth-order valence-corrected chi connectivity index (χ4v) is 5.82. The molecule has 1 aromatic carbocycles. The predicted octanol–water partition coefficient (Wildman–Crippen LogP) is 5.11. The lowest BCUT2D eigenvalue weighted by molar-refractivity contribution is -0.126. The quantitative estimate of drug-likeness (QED) is 0.679. The fourth-order valence-electron chi connectivity index (χ4n) is 5.56. The minimum absolute atomic E-state index is 0.293. The van der Waals surface area contributed by atoms with Gasteiger partial charge in [-0.1, -0.05) is 43.0 Å². The van der Waals surface area contributed by atoms with Crippen molar-refractivity contribution >= 4 is 23.2 Å². The van der Waals surface area contributed by atoms with Crippen LogP contribution in [0.1, 0.15) is 64.2 Å². The molecule has 0 aromatic heterocycles. The molecule has 0 bridgehead atoms. The molecular formula is C25H38ClN3O. The van der Waals surface area contributed by atoms with Crippen molar-refractivity contribution in [1.29, 1.82) is 0 Å². The number of rotatable bonds is 6. The van der Waals surface area contributed by atoms with Gasteiger partial charge in [0.1, 0.15) is 0 Å². The molecule has 3 aliphatic rings. The standard InChI is InChI=1S/C25H38ClN3O/c26-23-8-4-5-9-24(23)29-18-16-28(17-19-29)15-14-20-10-12-22(13-11-20)27-25(30)21-6-2-1-3-7-21/h4-5,8-9,20-22H,1-3,6-7,10-19H2,(H,27,30). The van der Waals surface area contributed by atoms with Crippen molar-refractivity contribution in [3.63, 3.8) is 0 Å². The Kier molecular flexibility index (Phi) is 7.95. The highest BCUT2D eigenvalue weighted by Gasteiger charge is 2.27. The molecule has 166 valence electrons. The molecule has 0 radical (unpaired) electrons. The van der Waals surface area contributed by atoms with E-state index in [1.807, 2.05) is 12.1 Å². The minimum Gasteiger partial charge on any atom is -0.368 e. The number of nitrogens with one attached hydrogen (secondary N) is 1. The SMILES string of the molecule is O=C(NC1CCC(CCN2CCN(c3ccccc3Cl)CC2)CC1)C1CCCCC1. The first-order valence-electron chi connectivity index (χ1n) is 12.2. The summed E-state index contributed by atoms with van der Waals surface area (Å²) in [5.41, 5.74) is 1.17. The Morgan fingerprint density at radius 2 is 1.63 bits per heavy atom. The average Bonchev–Trinajstić information content (AvgIpc) is 2.80. The van der Waals surface area contributed by atoms with E-state index >= 15 is 0 Å². The van der Waals surface area contributed by atoms with Crippen LogP contribution in [0.2, 0.25) is 5.02 Å². The zero-order chi connectivity index (χ0) is 20.8. The fraction of sp³-hybridized carbons (Fsp3) is 0.720. The Bertz CT molecular complexity index is 675. The van der Waals surface area contributed by atoms with Crippen molar-refractivity contribution in [2.45, 2.75) is 70.3 Å². The lowest BCUT2D eigenvalue weighted by atomic mass is 9.83. The molecule has 5 heteroatoms. The van der Waals surface area contributed by atoms with Gasteiger partial charge in [-0.25, -0.2) is 0 Å². The highest BCUT2D eigenvalue weighted by molar-refractivity contribution is 6.33. The third kappa shape index (κ3) is 5.91. The molecule has 1 aromatic rings. The van der Waals surface area contributed by atoms with Gasteiger partial charge in [-0.15, -0.1) is 0 Å². The highest BCUT2D eigenvalue weighted by atomic mass is 35.5. The zero-order valence-electron chi connectivity index (χ0n) is 18.3.